The molecule has 10 heteroatoms. The van der Waals surface area contributed by atoms with Crippen molar-refractivity contribution in [2.24, 2.45) is 0 Å². The molecule has 19 heavy (non-hydrogen) atoms. The minimum absolute atomic E-state index is 0.0893. The van der Waals surface area contributed by atoms with Crippen molar-refractivity contribution >= 4 is 23.5 Å². The Morgan fingerprint density at radius 2 is 2.26 bits per heavy atom. The molecule has 3 N–H and O–H groups in total. The largest absolute Gasteiger partial charge is 0.453 e. The second-order valence-electron chi connectivity index (χ2n) is 3.41. The number of carbonyl (C=O) groups is 2. The first-order chi connectivity index (χ1) is 9.17. The Balaban J connectivity index is 1.89. The summed E-state index contributed by atoms with van der Waals surface area (Å²) in [5, 5.41) is 18.9. The second-order valence-corrected chi connectivity index (χ2v) is 3.41. The molecule has 2 aromatic rings. The zero-order chi connectivity index (χ0) is 13.7. The van der Waals surface area contributed by atoms with Crippen LogP contribution in [-0.4, -0.2) is 44.3 Å². The number of ether oxygens (including phenoxy) is 1. The molecule has 0 radical (unpaired) electrons. The number of hydrogen-bond acceptors (Lipinski definition) is 6. The fourth-order valence-electron chi connectivity index (χ4n) is 1.23. The van der Waals surface area contributed by atoms with Crippen LogP contribution < -0.4 is 10.6 Å². The summed E-state index contributed by atoms with van der Waals surface area (Å²) in [6.45, 7) is -0.0893. The summed E-state index contributed by atoms with van der Waals surface area (Å²) in [4.78, 5) is 23.7. The van der Waals surface area contributed by atoms with Crippen molar-refractivity contribution in [1.29, 1.82) is 0 Å². The summed E-state index contributed by atoms with van der Waals surface area (Å²) in [6, 6.07) is 0. The third-order valence-corrected chi connectivity index (χ3v) is 2.02. The van der Waals surface area contributed by atoms with Gasteiger partial charge < -0.3 is 10.1 Å². The fraction of sp³-hybridized carbons (Fsp3) is 0.222. The van der Waals surface area contributed by atoms with Crippen LogP contribution in [0.1, 0.15) is 0 Å². The normalized spacial score (nSPS) is 9.95. The van der Waals surface area contributed by atoms with Gasteiger partial charge in [0.2, 0.25) is 5.91 Å². The summed E-state index contributed by atoms with van der Waals surface area (Å²) in [5.74, 6) is -0.121. The van der Waals surface area contributed by atoms with Crippen LogP contribution in [0.2, 0.25) is 0 Å². The van der Waals surface area contributed by atoms with Crippen LogP contribution in [0.4, 0.5) is 16.3 Å². The van der Waals surface area contributed by atoms with Gasteiger partial charge in [0, 0.05) is 6.20 Å². The molecule has 0 fully saturated rings. The predicted octanol–water partition coefficient (Wildman–Crippen LogP) is -0.182. The van der Waals surface area contributed by atoms with Gasteiger partial charge in [-0.2, -0.15) is 15.0 Å². The van der Waals surface area contributed by atoms with Gasteiger partial charge in [0.25, 0.3) is 0 Å². The van der Waals surface area contributed by atoms with Gasteiger partial charge in [-0.25, -0.2) is 4.79 Å². The molecule has 0 saturated carbocycles. The third kappa shape index (κ3) is 3.52. The SMILES string of the molecule is COC(=O)Nc1cnn(CC(=O)Nc2cn[nH]c2)n1. The molecular weight excluding hydrogens is 254 g/mol. The lowest BCUT2D eigenvalue weighted by molar-refractivity contribution is -0.117. The van der Waals surface area contributed by atoms with Gasteiger partial charge in [0.1, 0.15) is 6.54 Å². The smallest absolute Gasteiger partial charge is 0.412 e. The molecule has 0 unspecified atom stereocenters. The standard InChI is InChI=1S/C9H11N7O3/c1-19-9(18)14-7-4-12-16(15-7)5-8(17)13-6-2-10-11-3-6/h2-4H,5H2,1H3,(H,10,11)(H,13,17)(H,14,15,18). The number of rotatable bonds is 4. The average Bonchev–Trinajstić information content (AvgIpc) is 3.01. The third-order valence-electron chi connectivity index (χ3n) is 2.02. The number of methoxy groups -OCH3 is 1. The van der Waals surface area contributed by atoms with E-state index in [1.54, 1.807) is 6.20 Å². The van der Waals surface area contributed by atoms with Crippen molar-refractivity contribution in [2.45, 2.75) is 6.54 Å². The molecule has 0 aromatic carbocycles. The molecule has 0 bridgehead atoms. The summed E-state index contributed by atoms with van der Waals surface area (Å²) in [6.07, 6.45) is 3.66. The molecule has 2 aromatic heterocycles. The van der Waals surface area contributed by atoms with E-state index >= 15 is 0 Å². The quantitative estimate of drug-likeness (QED) is 0.703. The zero-order valence-electron chi connectivity index (χ0n) is 9.95. The monoisotopic (exact) mass is 265 g/mol. The molecule has 0 aliphatic heterocycles. The Labute approximate surface area is 107 Å². The van der Waals surface area contributed by atoms with Crippen molar-refractivity contribution in [1.82, 2.24) is 25.2 Å². The lowest BCUT2D eigenvalue weighted by atomic mass is 10.5. The van der Waals surface area contributed by atoms with Crippen LogP contribution >= 0.6 is 0 Å². The first-order valence-electron chi connectivity index (χ1n) is 5.21. The highest BCUT2D eigenvalue weighted by atomic mass is 16.5. The second kappa shape index (κ2) is 5.62. The molecule has 0 atom stereocenters. The van der Waals surface area contributed by atoms with E-state index in [1.165, 1.54) is 19.5 Å². The van der Waals surface area contributed by atoms with E-state index < -0.39 is 6.09 Å². The van der Waals surface area contributed by atoms with E-state index in [-0.39, 0.29) is 18.3 Å². The molecule has 10 nitrogen and oxygen atoms in total. The maximum Gasteiger partial charge on any atom is 0.412 e. The van der Waals surface area contributed by atoms with Crippen molar-refractivity contribution < 1.29 is 14.3 Å². The predicted molar refractivity (Wildman–Crippen MR) is 63.3 cm³/mol. The molecule has 100 valence electrons. The van der Waals surface area contributed by atoms with Crippen molar-refractivity contribution in [3.63, 3.8) is 0 Å². The molecule has 0 spiro atoms. The van der Waals surface area contributed by atoms with Crippen molar-refractivity contribution in [2.75, 3.05) is 17.7 Å². The topological polar surface area (TPSA) is 127 Å². The highest BCUT2D eigenvalue weighted by Crippen LogP contribution is 2.02. The van der Waals surface area contributed by atoms with Gasteiger partial charge in [0.05, 0.1) is 25.2 Å². The van der Waals surface area contributed by atoms with Crippen LogP contribution in [0, 0.1) is 0 Å². The van der Waals surface area contributed by atoms with Gasteiger partial charge in [-0.05, 0) is 0 Å². The number of aromatic amines is 1. The van der Waals surface area contributed by atoms with Crippen molar-refractivity contribution in [3.8, 4) is 0 Å². The number of hydrogen-bond donors (Lipinski definition) is 3. The van der Waals surface area contributed by atoms with E-state index in [4.69, 9.17) is 0 Å². The number of aromatic nitrogens is 5. The maximum atomic E-state index is 11.6. The average molecular weight is 265 g/mol. The lowest BCUT2D eigenvalue weighted by Crippen LogP contribution is -2.20. The zero-order valence-corrected chi connectivity index (χ0v) is 9.95. The van der Waals surface area contributed by atoms with Gasteiger partial charge in [-0.3, -0.25) is 15.2 Å². The molecule has 2 heterocycles. The Kier molecular flexibility index (Phi) is 3.71. The summed E-state index contributed by atoms with van der Waals surface area (Å²) < 4.78 is 4.40. The van der Waals surface area contributed by atoms with E-state index in [2.05, 4.69) is 35.8 Å². The number of carbonyl (C=O) groups excluding carboxylic acids is 2. The van der Waals surface area contributed by atoms with E-state index in [9.17, 15) is 9.59 Å². The first-order valence-corrected chi connectivity index (χ1v) is 5.21. The lowest BCUT2D eigenvalue weighted by Gasteiger charge is -2.01. The molecule has 2 amide bonds. The minimum atomic E-state index is -0.658. The Morgan fingerprint density at radius 1 is 1.42 bits per heavy atom. The molecule has 0 saturated heterocycles. The van der Waals surface area contributed by atoms with Crippen molar-refractivity contribution in [3.05, 3.63) is 18.6 Å². The van der Waals surface area contributed by atoms with E-state index in [0.717, 1.165) is 4.80 Å². The van der Waals surface area contributed by atoms with Crippen LogP contribution in [-0.2, 0) is 16.1 Å². The van der Waals surface area contributed by atoms with Gasteiger partial charge in [-0.15, -0.1) is 5.10 Å². The van der Waals surface area contributed by atoms with E-state index in [0.29, 0.717) is 5.69 Å². The molecule has 0 aliphatic carbocycles. The number of amides is 2. The highest BCUT2D eigenvalue weighted by molar-refractivity contribution is 5.90. The van der Waals surface area contributed by atoms with E-state index in [1.807, 2.05) is 0 Å². The minimum Gasteiger partial charge on any atom is -0.453 e. The Bertz CT molecular complexity index is 562. The van der Waals surface area contributed by atoms with Gasteiger partial charge in [0.15, 0.2) is 5.82 Å². The summed E-state index contributed by atoms with van der Waals surface area (Å²) in [5.41, 5.74) is 0.546. The highest BCUT2D eigenvalue weighted by Gasteiger charge is 2.09. The number of nitrogens with zero attached hydrogens (tertiary/aromatic N) is 4. The maximum absolute atomic E-state index is 11.6. The van der Waals surface area contributed by atoms with Gasteiger partial charge >= 0.3 is 6.09 Å². The summed E-state index contributed by atoms with van der Waals surface area (Å²) in [7, 11) is 1.23. The fourth-order valence-corrected chi connectivity index (χ4v) is 1.23. The van der Waals surface area contributed by atoms with Crippen LogP contribution in [0.25, 0.3) is 0 Å². The van der Waals surface area contributed by atoms with Crippen LogP contribution in [0.5, 0.6) is 0 Å². The summed E-state index contributed by atoms with van der Waals surface area (Å²) >= 11 is 0. The Hall–Kier alpha value is -2.91. The molecule has 2 rings (SSSR count). The number of nitrogens with one attached hydrogen (secondary N) is 3. The van der Waals surface area contributed by atoms with Crippen LogP contribution in [0.15, 0.2) is 18.6 Å². The van der Waals surface area contributed by atoms with Gasteiger partial charge in [-0.1, -0.05) is 0 Å². The first kappa shape index (κ1) is 12.5. The number of H-pyrrole nitrogens is 1. The van der Waals surface area contributed by atoms with Crippen LogP contribution in [0.3, 0.4) is 0 Å². The number of anilines is 2. The molecule has 0 aliphatic rings. The molecular formula is C9H11N7O3. The Morgan fingerprint density at radius 3 is 2.95 bits per heavy atom.